The van der Waals surface area contributed by atoms with Gasteiger partial charge in [-0.3, -0.25) is 4.79 Å². The highest BCUT2D eigenvalue weighted by Crippen LogP contribution is 2.38. The van der Waals surface area contributed by atoms with Crippen LogP contribution in [0.5, 0.6) is 0 Å². The summed E-state index contributed by atoms with van der Waals surface area (Å²) in [6.07, 6.45) is 6.53. The highest BCUT2D eigenvalue weighted by Gasteiger charge is 2.42. The Hall–Kier alpha value is -1.08. The zero-order chi connectivity index (χ0) is 12.3. The third-order valence-corrected chi connectivity index (χ3v) is 4.16. The van der Waals surface area contributed by atoms with E-state index in [4.69, 9.17) is 4.74 Å². The number of rotatable bonds is 3. The van der Waals surface area contributed by atoms with Gasteiger partial charge in [-0.05, 0) is 32.1 Å². The van der Waals surface area contributed by atoms with Gasteiger partial charge in [0.2, 0.25) is 5.91 Å². The first-order valence-corrected chi connectivity index (χ1v) is 6.45. The lowest BCUT2D eigenvalue weighted by Crippen LogP contribution is -2.43. The van der Waals surface area contributed by atoms with Gasteiger partial charge >= 0.3 is 0 Å². The van der Waals surface area contributed by atoms with Gasteiger partial charge < -0.3 is 10.1 Å². The normalized spacial score (nSPS) is 31.1. The van der Waals surface area contributed by atoms with Crippen LogP contribution in [0.2, 0.25) is 0 Å². The number of nitrogens with zero attached hydrogens (tertiary/aromatic N) is 1. The minimum Gasteiger partial charge on any atom is -0.381 e. The molecule has 17 heavy (non-hydrogen) atoms. The lowest BCUT2D eigenvalue weighted by atomic mass is 9.86. The average molecular weight is 236 g/mol. The van der Waals surface area contributed by atoms with Crippen LogP contribution in [0, 0.1) is 16.7 Å². The second kappa shape index (κ2) is 5.05. The third kappa shape index (κ3) is 2.44. The van der Waals surface area contributed by atoms with Crippen LogP contribution < -0.4 is 5.32 Å². The summed E-state index contributed by atoms with van der Waals surface area (Å²) >= 11 is 0. The Morgan fingerprint density at radius 3 is 2.65 bits per heavy atom. The molecule has 2 unspecified atom stereocenters. The molecular formula is C13H20N2O2. The lowest BCUT2D eigenvalue weighted by Gasteiger charge is -2.22. The van der Waals surface area contributed by atoms with Crippen LogP contribution >= 0.6 is 0 Å². The van der Waals surface area contributed by atoms with E-state index in [1.807, 2.05) is 0 Å². The molecule has 94 valence electrons. The second-order valence-corrected chi connectivity index (χ2v) is 5.24. The Morgan fingerprint density at radius 1 is 1.41 bits per heavy atom. The summed E-state index contributed by atoms with van der Waals surface area (Å²) in [5.74, 6) is -0.0562. The number of amides is 1. The maximum Gasteiger partial charge on any atom is 0.240 e. The van der Waals surface area contributed by atoms with Crippen molar-refractivity contribution < 1.29 is 9.53 Å². The molecule has 0 aromatic heterocycles. The molecule has 2 atom stereocenters. The van der Waals surface area contributed by atoms with Crippen molar-refractivity contribution in [1.29, 1.82) is 5.26 Å². The Kier molecular flexibility index (Phi) is 3.68. The molecule has 0 aliphatic heterocycles. The standard InChI is InChI=1S/C13H20N2O2/c1-17-11-5-4-10(8-11)15-12(16)13(9-14)6-2-3-7-13/h10-11H,2-8H2,1H3,(H,15,16). The van der Waals surface area contributed by atoms with E-state index in [2.05, 4.69) is 11.4 Å². The molecule has 0 heterocycles. The fraction of sp³-hybridized carbons (Fsp3) is 0.846. The quantitative estimate of drug-likeness (QED) is 0.812. The van der Waals surface area contributed by atoms with E-state index in [-0.39, 0.29) is 18.1 Å². The van der Waals surface area contributed by atoms with Gasteiger partial charge in [0, 0.05) is 13.2 Å². The minimum atomic E-state index is -0.745. The summed E-state index contributed by atoms with van der Waals surface area (Å²) in [7, 11) is 1.71. The number of carbonyl (C=O) groups excluding carboxylic acids is 1. The molecular weight excluding hydrogens is 216 g/mol. The average Bonchev–Trinajstić information content (AvgIpc) is 2.97. The van der Waals surface area contributed by atoms with E-state index in [0.29, 0.717) is 0 Å². The summed E-state index contributed by atoms with van der Waals surface area (Å²) < 4.78 is 5.28. The Balaban J connectivity index is 1.91. The largest absolute Gasteiger partial charge is 0.381 e. The van der Waals surface area contributed by atoms with Gasteiger partial charge in [-0.1, -0.05) is 12.8 Å². The maximum atomic E-state index is 12.2. The maximum absolute atomic E-state index is 12.2. The topological polar surface area (TPSA) is 62.1 Å². The van der Waals surface area contributed by atoms with Gasteiger partial charge in [-0.2, -0.15) is 5.26 Å². The summed E-state index contributed by atoms with van der Waals surface area (Å²) in [6, 6.07) is 2.43. The summed E-state index contributed by atoms with van der Waals surface area (Å²) in [6.45, 7) is 0. The van der Waals surface area contributed by atoms with E-state index in [1.54, 1.807) is 7.11 Å². The molecule has 1 amide bonds. The minimum absolute atomic E-state index is 0.0562. The van der Waals surface area contributed by atoms with Gasteiger partial charge in [0.25, 0.3) is 0 Å². The van der Waals surface area contributed by atoms with Gasteiger partial charge in [-0.15, -0.1) is 0 Å². The Bertz CT molecular complexity index is 329. The van der Waals surface area contributed by atoms with E-state index in [0.717, 1.165) is 44.9 Å². The molecule has 2 aliphatic carbocycles. The highest BCUT2D eigenvalue weighted by molar-refractivity contribution is 5.86. The van der Waals surface area contributed by atoms with Gasteiger partial charge in [0.05, 0.1) is 12.2 Å². The highest BCUT2D eigenvalue weighted by atomic mass is 16.5. The van der Waals surface area contributed by atoms with Gasteiger partial charge in [0.15, 0.2) is 0 Å². The first-order chi connectivity index (χ1) is 8.20. The molecule has 0 aromatic rings. The molecule has 1 N–H and O–H groups in total. The molecule has 0 spiro atoms. The summed E-state index contributed by atoms with van der Waals surface area (Å²) in [5.41, 5.74) is -0.745. The molecule has 2 rings (SSSR count). The van der Waals surface area contributed by atoms with Crippen molar-refractivity contribution in [1.82, 2.24) is 5.32 Å². The van der Waals surface area contributed by atoms with Crippen molar-refractivity contribution in [2.24, 2.45) is 5.41 Å². The van der Waals surface area contributed by atoms with Crippen molar-refractivity contribution in [3.05, 3.63) is 0 Å². The first-order valence-electron chi connectivity index (χ1n) is 6.45. The molecule has 2 aliphatic rings. The second-order valence-electron chi connectivity index (χ2n) is 5.24. The van der Waals surface area contributed by atoms with Crippen LogP contribution in [0.15, 0.2) is 0 Å². The number of hydrogen-bond acceptors (Lipinski definition) is 3. The lowest BCUT2D eigenvalue weighted by molar-refractivity contribution is -0.128. The Labute approximate surface area is 102 Å². The van der Waals surface area contributed by atoms with Crippen molar-refractivity contribution in [2.45, 2.75) is 57.1 Å². The molecule has 0 saturated heterocycles. The Morgan fingerprint density at radius 2 is 2.12 bits per heavy atom. The van der Waals surface area contributed by atoms with Crippen LogP contribution in [0.4, 0.5) is 0 Å². The van der Waals surface area contributed by atoms with E-state index < -0.39 is 5.41 Å². The smallest absolute Gasteiger partial charge is 0.240 e. The van der Waals surface area contributed by atoms with Crippen molar-refractivity contribution in [3.8, 4) is 6.07 Å². The summed E-state index contributed by atoms with van der Waals surface area (Å²) in [5, 5.41) is 12.3. The monoisotopic (exact) mass is 236 g/mol. The van der Waals surface area contributed by atoms with E-state index in [9.17, 15) is 10.1 Å². The fourth-order valence-electron chi connectivity index (χ4n) is 2.98. The summed E-state index contributed by atoms with van der Waals surface area (Å²) in [4.78, 5) is 12.2. The number of nitrogens with one attached hydrogen (secondary N) is 1. The number of nitriles is 1. The predicted molar refractivity (Wildman–Crippen MR) is 63.1 cm³/mol. The van der Waals surface area contributed by atoms with Crippen LogP contribution in [-0.2, 0) is 9.53 Å². The van der Waals surface area contributed by atoms with Crippen molar-refractivity contribution in [3.63, 3.8) is 0 Å². The molecule has 0 bridgehead atoms. The SMILES string of the molecule is COC1CCC(NC(=O)C2(C#N)CCCC2)C1. The third-order valence-electron chi connectivity index (χ3n) is 4.16. The van der Waals surface area contributed by atoms with Gasteiger partial charge in [-0.25, -0.2) is 0 Å². The fourth-order valence-corrected chi connectivity index (χ4v) is 2.98. The van der Waals surface area contributed by atoms with E-state index in [1.165, 1.54) is 0 Å². The predicted octanol–water partition coefficient (Wildman–Crippen LogP) is 1.75. The molecule has 0 aromatic carbocycles. The number of hydrogen-bond donors (Lipinski definition) is 1. The molecule has 4 nitrogen and oxygen atoms in total. The molecule has 0 radical (unpaired) electrons. The molecule has 2 saturated carbocycles. The zero-order valence-electron chi connectivity index (χ0n) is 10.4. The number of carbonyl (C=O) groups is 1. The number of methoxy groups -OCH3 is 1. The molecule has 2 fully saturated rings. The first kappa shape index (κ1) is 12.4. The van der Waals surface area contributed by atoms with E-state index >= 15 is 0 Å². The van der Waals surface area contributed by atoms with Crippen molar-refractivity contribution in [2.75, 3.05) is 7.11 Å². The van der Waals surface area contributed by atoms with Crippen molar-refractivity contribution >= 4 is 5.91 Å². The van der Waals surface area contributed by atoms with Crippen LogP contribution in [0.1, 0.15) is 44.9 Å². The number of ether oxygens (including phenoxy) is 1. The van der Waals surface area contributed by atoms with Crippen LogP contribution in [0.3, 0.4) is 0 Å². The van der Waals surface area contributed by atoms with Crippen LogP contribution in [-0.4, -0.2) is 25.2 Å². The van der Waals surface area contributed by atoms with Crippen LogP contribution in [0.25, 0.3) is 0 Å². The zero-order valence-corrected chi connectivity index (χ0v) is 10.4. The molecule has 4 heteroatoms. The van der Waals surface area contributed by atoms with Gasteiger partial charge in [0.1, 0.15) is 5.41 Å².